The highest BCUT2D eigenvalue weighted by atomic mass is 16.3. The Morgan fingerprint density at radius 1 is 0.703 bits per heavy atom. The second-order valence-corrected chi connectivity index (χ2v) is 9.54. The minimum absolute atomic E-state index is 0.0109. The topological polar surface area (TPSA) is 50.8 Å². The van der Waals surface area contributed by atoms with Crippen molar-refractivity contribution in [3.63, 3.8) is 0 Å². The van der Waals surface area contributed by atoms with Crippen LogP contribution in [-0.4, -0.2) is 59.5 Å². The van der Waals surface area contributed by atoms with Gasteiger partial charge in [0.2, 0.25) is 0 Å². The fourth-order valence-electron chi connectivity index (χ4n) is 5.90. The molecule has 0 unspecified atom stereocenters. The lowest BCUT2D eigenvalue weighted by atomic mass is 9.45. The standard InChI is InChI=1S/C26H20B4N6O/c1-2-11-25-23(8-1)24-10-5-9-22(26(24)37-25)21-12-19-34-27-13-3-4-17-33(27)28-14-6-16-32-36(28)30-31-15-7-18-35(30)29(34)20-21/h1-20H. The van der Waals surface area contributed by atoms with Crippen LogP contribution in [0.2, 0.25) is 0 Å². The number of hydrazone groups is 1. The maximum absolute atomic E-state index is 6.38. The van der Waals surface area contributed by atoms with Crippen molar-refractivity contribution in [2.75, 3.05) is 0 Å². The largest absolute Gasteiger partial charge is 0.517 e. The van der Waals surface area contributed by atoms with Gasteiger partial charge >= 0.3 is 28.1 Å². The summed E-state index contributed by atoms with van der Waals surface area (Å²) in [4.78, 5) is 6.94. The molecule has 0 spiro atoms. The molecule has 7 nitrogen and oxygen atoms in total. The zero-order valence-corrected chi connectivity index (χ0v) is 19.9. The summed E-state index contributed by atoms with van der Waals surface area (Å²) >= 11 is 0. The van der Waals surface area contributed by atoms with E-state index in [1.54, 1.807) is 0 Å². The molecular weight excluding hydrogens is 456 g/mol. The molecule has 1 aromatic heterocycles. The van der Waals surface area contributed by atoms with Crippen molar-refractivity contribution in [1.29, 1.82) is 0 Å². The van der Waals surface area contributed by atoms with E-state index >= 15 is 0 Å². The normalized spacial score (nSPS) is 19.4. The van der Waals surface area contributed by atoms with Gasteiger partial charge in [-0.15, -0.1) is 0 Å². The molecule has 0 bridgehead atoms. The van der Waals surface area contributed by atoms with Crippen LogP contribution < -0.4 is 0 Å². The van der Waals surface area contributed by atoms with E-state index in [-0.39, 0.29) is 28.1 Å². The molecule has 0 aliphatic carbocycles. The van der Waals surface area contributed by atoms with Gasteiger partial charge in [0.05, 0.1) is 0 Å². The molecule has 0 radical (unpaired) electrons. The van der Waals surface area contributed by atoms with Crippen LogP contribution in [-0.2, 0) is 0 Å². The Morgan fingerprint density at radius 3 is 2.57 bits per heavy atom. The summed E-state index contributed by atoms with van der Waals surface area (Å²) in [6, 6.07) is 14.6. The molecule has 0 atom stereocenters. The lowest BCUT2D eigenvalue weighted by molar-refractivity contribution is 0.560. The molecule has 3 aromatic rings. The second kappa shape index (κ2) is 8.00. The maximum atomic E-state index is 6.38. The minimum Gasteiger partial charge on any atom is -0.455 e. The van der Waals surface area contributed by atoms with Gasteiger partial charge in [0.25, 0.3) is 0 Å². The lowest BCUT2D eigenvalue weighted by Crippen LogP contribution is -2.73. The second-order valence-electron chi connectivity index (χ2n) is 9.54. The average Bonchev–Trinajstić information content (AvgIpc) is 3.35. The van der Waals surface area contributed by atoms with Gasteiger partial charge in [0.15, 0.2) is 0 Å². The molecule has 0 amide bonds. The number of allylic oxidation sites excluding steroid dienone is 6. The molecular formula is C26H20B4N6O. The van der Waals surface area contributed by atoms with Crippen molar-refractivity contribution in [2.24, 2.45) is 10.0 Å². The highest BCUT2D eigenvalue weighted by molar-refractivity contribution is 6.91. The highest BCUT2D eigenvalue weighted by Gasteiger charge is 2.52. The monoisotopic (exact) mass is 476 g/mol. The predicted molar refractivity (Wildman–Crippen MR) is 155 cm³/mol. The molecule has 1 saturated heterocycles. The SMILES string of the molecule is C1=CB2N3C=CC(c4cccc5c4oc4ccccc45)=CB3N3C=CC=NB3N3N=CC=CB3N2C=C1. The van der Waals surface area contributed by atoms with Gasteiger partial charge in [-0.3, -0.25) is 0 Å². The Labute approximate surface area is 216 Å². The van der Waals surface area contributed by atoms with Crippen LogP contribution in [0.15, 0.2) is 124 Å². The molecule has 2 aromatic carbocycles. The molecule has 5 aliphatic heterocycles. The van der Waals surface area contributed by atoms with E-state index in [1.165, 1.54) is 0 Å². The van der Waals surface area contributed by atoms with E-state index < -0.39 is 0 Å². The maximum Gasteiger partial charge on any atom is 0.517 e. The molecule has 1 fully saturated rings. The van der Waals surface area contributed by atoms with E-state index in [4.69, 9.17) is 14.4 Å². The molecule has 0 N–H and O–H groups in total. The zero-order valence-electron chi connectivity index (χ0n) is 19.9. The Hall–Kier alpha value is -4.52. The third kappa shape index (κ3) is 3.06. The Balaban J connectivity index is 1.29. The van der Waals surface area contributed by atoms with Crippen molar-refractivity contribution < 1.29 is 4.42 Å². The predicted octanol–water partition coefficient (Wildman–Crippen LogP) is 4.02. The quantitative estimate of drug-likeness (QED) is 0.498. The van der Waals surface area contributed by atoms with E-state index in [2.05, 4.69) is 104 Å². The third-order valence-corrected chi connectivity index (χ3v) is 7.56. The molecule has 8 rings (SSSR count). The first-order valence-electron chi connectivity index (χ1n) is 12.5. The van der Waals surface area contributed by atoms with Crippen molar-refractivity contribution in [3.8, 4) is 0 Å². The van der Waals surface area contributed by atoms with Crippen LogP contribution in [0.4, 0.5) is 0 Å². The summed E-state index contributed by atoms with van der Waals surface area (Å²) in [6.07, 6.45) is 20.6. The molecule has 172 valence electrons. The molecule has 6 heterocycles. The van der Waals surface area contributed by atoms with Crippen molar-refractivity contribution in [2.45, 2.75) is 0 Å². The zero-order chi connectivity index (χ0) is 24.3. The highest BCUT2D eigenvalue weighted by Crippen LogP contribution is 2.36. The number of rotatable bonds is 1. The molecule has 11 heteroatoms. The smallest absolute Gasteiger partial charge is 0.455 e. The van der Waals surface area contributed by atoms with Crippen LogP contribution in [0.5, 0.6) is 0 Å². The Bertz CT molecular complexity index is 1640. The number of hydrogen-bond donors (Lipinski definition) is 0. The summed E-state index contributed by atoms with van der Waals surface area (Å²) < 4.78 is 13.4. The van der Waals surface area contributed by atoms with Crippen molar-refractivity contribution in [1.82, 2.24) is 19.0 Å². The van der Waals surface area contributed by atoms with E-state index in [0.29, 0.717) is 0 Å². The summed E-state index contributed by atoms with van der Waals surface area (Å²) in [5, 5.41) is 7.04. The van der Waals surface area contributed by atoms with Gasteiger partial charge in [0.1, 0.15) is 11.2 Å². The molecule has 0 saturated carbocycles. The number of benzene rings is 2. The Morgan fingerprint density at radius 2 is 1.57 bits per heavy atom. The van der Waals surface area contributed by atoms with Crippen molar-refractivity contribution >= 4 is 68.0 Å². The Kier molecular flexibility index (Phi) is 4.46. The van der Waals surface area contributed by atoms with Crippen LogP contribution in [0, 0.1) is 0 Å². The first-order valence-corrected chi connectivity index (χ1v) is 12.5. The van der Waals surface area contributed by atoms with E-state index in [9.17, 15) is 0 Å². The van der Waals surface area contributed by atoms with E-state index in [1.807, 2.05) is 36.7 Å². The van der Waals surface area contributed by atoms with Gasteiger partial charge in [0, 0.05) is 28.8 Å². The minimum atomic E-state index is -0.282. The van der Waals surface area contributed by atoms with Crippen molar-refractivity contribution in [3.05, 3.63) is 115 Å². The average molecular weight is 476 g/mol. The molecule has 5 aliphatic rings. The fourth-order valence-corrected chi connectivity index (χ4v) is 5.90. The van der Waals surface area contributed by atoms with Crippen LogP contribution in [0.25, 0.3) is 27.5 Å². The first-order chi connectivity index (χ1) is 18.4. The summed E-state index contributed by atoms with van der Waals surface area (Å²) in [6.45, 7) is -0.142. The summed E-state index contributed by atoms with van der Waals surface area (Å²) in [5.41, 5.74) is 4.02. The summed E-state index contributed by atoms with van der Waals surface area (Å²) in [5.74, 6) is 6.72. The molecule has 37 heavy (non-hydrogen) atoms. The first kappa shape index (κ1) is 20.7. The van der Waals surface area contributed by atoms with Gasteiger partial charge in [-0.05, 0) is 48.5 Å². The van der Waals surface area contributed by atoms with Crippen LogP contribution in [0.3, 0.4) is 0 Å². The van der Waals surface area contributed by atoms with Crippen LogP contribution >= 0.6 is 0 Å². The van der Waals surface area contributed by atoms with Gasteiger partial charge < -0.3 is 28.3 Å². The lowest BCUT2D eigenvalue weighted by Gasteiger charge is -2.51. The van der Waals surface area contributed by atoms with Crippen LogP contribution in [0.1, 0.15) is 5.56 Å². The number of hydrogen-bond acceptors (Lipinski definition) is 7. The number of furan rings is 1. The van der Waals surface area contributed by atoms with Gasteiger partial charge in [-0.25, -0.2) is 5.10 Å². The van der Waals surface area contributed by atoms with Gasteiger partial charge in [-0.1, -0.05) is 66.5 Å². The number of fused-ring (bicyclic) bond motifs is 11. The van der Waals surface area contributed by atoms with Gasteiger partial charge in [-0.2, -0.15) is 0 Å². The number of para-hydroxylation sites is 2. The number of nitrogens with zero attached hydrogens (tertiary/aromatic N) is 6. The summed E-state index contributed by atoms with van der Waals surface area (Å²) in [7, 11) is -0.282. The third-order valence-electron chi connectivity index (χ3n) is 7.56. The fraction of sp³-hybridized carbons (Fsp3) is 0. The van der Waals surface area contributed by atoms with E-state index in [0.717, 1.165) is 33.1 Å².